The van der Waals surface area contributed by atoms with E-state index in [1.54, 1.807) is 30.3 Å². The average Bonchev–Trinajstić information content (AvgIpc) is 2.79. The highest BCUT2D eigenvalue weighted by Gasteiger charge is 2.14. The summed E-state index contributed by atoms with van der Waals surface area (Å²) in [6, 6.07) is 21.0. The first-order chi connectivity index (χ1) is 15.9. The Labute approximate surface area is 201 Å². The molecule has 0 radical (unpaired) electrons. The number of carbonyl (C=O) groups excluding carboxylic acids is 2. The van der Waals surface area contributed by atoms with E-state index >= 15 is 0 Å². The molecule has 2 N–H and O–H groups in total. The van der Waals surface area contributed by atoms with Crippen LogP contribution in [0.2, 0.25) is 10.0 Å². The molecule has 2 amide bonds. The lowest BCUT2D eigenvalue weighted by Crippen LogP contribution is -2.20. The van der Waals surface area contributed by atoms with E-state index < -0.39 is 5.91 Å². The maximum Gasteiger partial charge on any atom is 0.266 e. The molecule has 166 valence electrons. The lowest BCUT2D eigenvalue weighted by Gasteiger charge is -2.12. The maximum atomic E-state index is 12.4. The molecule has 0 unspecified atom stereocenters. The van der Waals surface area contributed by atoms with E-state index in [0.717, 1.165) is 5.56 Å². The van der Waals surface area contributed by atoms with Gasteiger partial charge in [0.1, 0.15) is 11.6 Å². The summed E-state index contributed by atoms with van der Waals surface area (Å²) in [6.45, 7) is 1.58. The Morgan fingerprint density at radius 3 is 2.27 bits per heavy atom. The zero-order chi connectivity index (χ0) is 23.8. The van der Waals surface area contributed by atoms with Gasteiger partial charge in [-0.15, -0.1) is 0 Å². The van der Waals surface area contributed by atoms with Gasteiger partial charge in [-0.3, -0.25) is 9.59 Å². The highest BCUT2D eigenvalue weighted by Crippen LogP contribution is 2.35. The lowest BCUT2D eigenvalue weighted by atomic mass is 10.1. The van der Waals surface area contributed by atoms with E-state index in [1.165, 1.54) is 18.2 Å². The molecule has 0 aliphatic carbocycles. The Bertz CT molecular complexity index is 1230. The molecule has 0 saturated carbocycles. The summed E-state index contributed by atoms with van der Waals surface area (Å²) in [7, 11) is 0. The maximum absolute atomic E-state index is 12.4. The first kappa shape index (κ1) is 23.9. The van der Waals surface area contributed by atoms with E-state index in [4.69, 9.17) is 27.9 Å². The molecule has 0 aliphatic rings. The SMILES string of the molecule is Cc1ccccc1NC(=O)COc1c(Cl)cc(/C=C(\C#N)C(=O)Nc2ccccc2)cc1Cl. The zero-order valence-corrected chi connectivity index (χ0v) is 19.1. The number of carbonyl (C=O) groups is 2. The van der Waals surface area contributed by atoms with Gasteiger partial charge >= 0.3 is 0 Å². The fourth-order valence-electron chi connectivity index (χ4n) is 2.87. The summed E-state index contributed by atoms with van der Waals surface area (Å²) >= 11 is 12.6. The van der Waals surface area contributed by atoms with Crippen LogP contribution in [0.5, 0.6) is 5.75 Å². The smallest absolute Gasteiger partial charge is 0.266 e. The van der Waals surface area contributed by atoms with E-state index in [9.17, 15) is 14.9 Å². The van der Waals surface area contributed by atoms with E-state index in [-0.39, 0.29) is 33.9 Å². The number of nitrogens with one attached hydrogen (secondary N) is 2. The summed E-state index contributed by atoms with van der Waals surface area (Å²) in [5.41, 5.74) is 2.47. The quantitative estimate of drug-likeness (QED) is 0.327. The van der Waals surface area contributed by atoms with E-state index in [0.29, 0.717) is 16.9 Å². The molecule has 3 aromatic carbocycles. The summed E-state index contributed by atoms with van der Waals surface area (Å²) < 4.78 is 5.51. The van der Waals surface area contributed by atoms with Crippen LogP contribution >= 0.6 is 23.2 Å². The van der Waals surface area contributed by atoms with Crippen molar-refractivity contribution in [2.24, 2.45) is 0 Å². The lowest BCUT2D eigenvalue weighted by molar-refractivity contribution is -0.118. The van der Waals surface area contributed by atoms with Gasteiger partial charge < -0.3 is 15.4 Å². The van der Waals surface area contributed by atoms with Crippen LogP contribution in [0.25, 0.3) is 6.08 Å². The molecule has 0 bridgehead atoms. The number of nitrogens with zero attached hydrogens (tertiary/aromatic N) is 1. The van der Waals surface area contributed by atoms with Crippen molar-refractivity contribution < 1.29 is 14.3 Å². The van der Waals surface area contributed by atoms with Gasteiger partial charge in [0.15, 0.2) is 12.4 Å². The largest absolute Gasteiger partial charge is 0.481 e. The number of nitriles is 1. The molecule has 3 aromatic rings. The van der Waals surface area contributed by atoms with Crippen LogP contribution in [-0.4, -0.2) is 18.4 Å². The molecule has 0 aliphatic heterocycles. The standard InChI is InChI=1S/C25H19Cl2N3O3/c1-16-7-5-6-10-22(16)30-23(31)15-33-24-20(26)12-17(13-21(24)27)11-18(14-28)25(32)29-19-8-3-2-4-9-19/h2-13H,15H2,1H3,(H,29,32)(H,30,31)/b18-11+. The van der Waals surface area contributed by atoms with Gasteiger partial charge in [-0.2, -0.15) is 5.26 Å². The van der Waals surface area contributed by atoms with Gasteiger partial charge in [0.05, 0.1) is 10.0 Å². The number of anilines is 2. The molecular formula is C25H19Cl2N3O3. The first-order valence-electron chi connectivity index (χ1n) is 9.83. The minimum atomic E-state index is -0.566. The van der Waals surface area contributed by atoms with Crippen LogP contribution in [0.4, 0.5) is 11.4 Å². The van der Waals surface area contributed by atoms with Crippen LogP contribution in [0, 0.1) is 18.3 Å². The van der Waals surface area contributed by atoms with Crippen molar-refractivity contribution in [3.8, 4) is 11.8 Å². The first-order valence-corrected chi connectivity index (χ1v) is 10.6. The summed E-state index contributed by atoms with van der Waals surface area (Å²) in [5.74, 6) is -0.809. The topological polar surface area (TPSA) is 91.2 Å². The molecular weight excluding hydrogens is 461 g/mol. The third-order valence-electron chi connectivity index (χ3n) is 4.50. The van der Waals surface area contributed by atoms with Gasteiger partial charge in [-0.1, -0.05) is 59.6 Å². The predicted molar refractivity (Wildman–Crippen MR) is 130 cm³/mol. The molecule has 0 atom stereocenters. The number of halogens is 2. The van der Waals surface area contributed by atoms with Gasteiger partial charge in [0, 0.05) is 11.4 Å². The van der Waals surface area contributed by atoms with Crippen molar-refractivity contribution in [3.05, 3.63) is 93.5 Å². The summed E-state index contributed by atoms with van der Waals surface area (Å²) in [4.78, 5) is 24.6. The van der Waals surface area contributed by atoms with Gasteiger partial charge in [0.2, 0.25) is 0 Å². The van der Waals surface area contributed by atoms with Crippen molar-refractivity contribution in [1.29, 1.82) is 5.26 Å². The molecule has 33 heavy (non-hydrogen) atoms. The minimum absolute atomic E-state index is 0.127. The highest BCUT2D eigenvalue weighted by molar-refractivity contribution is 6.37. The molecule has 8 heteroatoms. The molecule has 0 saturated heterocycles. The monoisotopic (exact) mass is 479 g/mol. The summed E-state index contributed by atoms with van der Waals surface area (Å²) in [6.07, 6.45) is 1.37. The van der Waals surface area contributed by atoms with Crippen LogP contribution in [0.3, 0.4) is 0 Å². The molecule has 6 nitrogen and oxygen atoms in total. The molecule has 0 fully saturated rings. The highest BCUT2D eigenvalue weighted by atomic mass is 35.5. The number of para-hydroxylation sites is 2. The third-order valence-corrected chi connectivity index (χ3v) is 5.06. The number of hydrogen-bond acceptors (Lipinski definition) is 4. The Morgan fingerprint density at radius 1 is 1.00 bits per heavy atom. The Hall–Kier alpha value is -3.79. The predicted octanol–water partition coefficient (Wildman–Crippen LogP) is 5.87. The number of ether oxygens (including phenoxy) is 1. The van der Waals surface area contributed by atoms with Crippen molar-refractivity contribution >= 4 is 52.5 Å². The van der Waals surface area contributed by atoms with Crippen molar-refractivity contribution in [3.63, 3.8) is 0 Å². The fraction of sp³-hybridized carbons (Fsp3) is 0.0800. The van der Waals surface area contributed by atoms with Crippen molar-refractivity contribution in [1.82, 2.24) is 0 Å². The Morgan fingerprint density at radius 2 is 1.64 bits per heavy atom. The van der Waals surface area contributed by atoms with Gasteiger partial charge in [-0.25, -0.2) is 0 Å². The number of hydrogen-bond donors (Lipinski definition) is 2. The van der Waals surface area contributed by atoms with Crippen LogP contribution in [0.15, 0.2) is 72.3 Å². The van der Waals surface area contributed by atoms with E-state index in [1.807, 2.05) is 37.3 Å². The number of benzene rings is 3. The van der Waals surface area contributed by atoms with Crippen LogP contribution < -0.4 is 15.4 Å². The normalized spacial score (nSPS) is 10.8. The second-order valence-corrected chi connectivity index (χ2v) is 7.77. The molecule has 3 rings (SSSR count). The number of amides is 2. The second kappa shape index (κ2) is 11.2. The summed E-state index contributed by atoms with van der Waals surface area (Å²) in [5, 5.41) is 15.1. The fourth-order valence-corrected chi connectivity index (χ4v) is 3.49. The van der Waals surface area contributed by atoms with Crippen molar-refractivity contribution in [2.45, 2.75) is 6.92 Å². The Kier molecular flexibility index (Phi) is 8.09. The number of rotatable bonds is 7. The van der Waals surface area contributed by atoms with Gasteiger partial charge in [0.25, 0.3) is 11.8 Å². The molecule has 0 heterocycles. The Balaban J connectivity index is 1.70. The van der Waals surface area contributed by atoms with Crippen molar-refractivity contribution in [2.75, 3.05) is 17.2 Å². The average molecular weight is 480 g/mol. The van der Waals surface area contributed by atoms with E-state index in [2.05, 4.69) is 10.6 Å². The number of aryl methyl sites for hydroxylation is 1. The second-order valence-electron chi connectivity index (χ2n) is 6.96. The zero-order valence-electron chi connectivity index (χ0n) is 17.6. The van der Waals surface area contributed by atoms with Crippen LogP contribution in [-0.2, 0) is 9.59 Å². The van der Waals surface area contributed by atoms with Gasteiger partial charge in [-0.05, 0) is 54.5 Å². The van der Waals surface area contributed by atoms with Crippen LogP contribution in [0.1, 0.15) is 11.1 Å². The minimum Gasteiger partial charge on any atom is -0.481 e. The third kappa shape index (κ3) is 6.59. The molecule has 0 spiro atoms. The molecule has 0 aromatic heterocycles.